The summed E-state index contributed by atoms with van der Waals surface area (Å²) in [4.78, 5) is 27.4. The van der Waals surface area contributed by atoms with Crippen LogP contribution in [0.2, 0.25) is 0 Å². The standard InChI is InChI=1S/C23H39NO2S3/c25-21(9-2-3-10-22-13-16-28-29-22)17-20-8-5-6-14-24(20)23(26)11-4-1-7-19-12-15-27-18-19/h19-20,22H,1-18H2. The molecule has 3 unspecified atom stereocenters. The van der Waals surface area contributed by atoms with Gasteiger partial charge < -0.3 is 4.90 Å². The van der Waals surface area contributed by atoms with Crippen LogP contribution in [0.3, 0.4) is 0 Å². The average molecular weight is 458 g/mol. The molecule has 166 valence electrons. The minimum Gasteiger partial charge on any atom is -0.339 e. The van der Waals surface area contributed by atoms with Crippen LogP contribution in [0, 0.1) is 5.92 Å². The van der Waals surface area contributed by atoms with E-state index in [1.54, 1.807) is 0 Å². The number of carbonyl (C=O) groups is 2. The van der Waals surface area contributed by atoms with Crippen molar-refractivity contribution in [2.45, 2.75) is 101 Å². The summed E-state index contributed by atoms with van der Waals surface area (Å²) in [6.45, 7) is 0.868. The molecule has 0 aliphatic carbocycles. The number of likely N-dealkylation sites (tertiary alicyclic amines) is 1. The molecule has 0 spiro atoms. The number of hydrogen-bond acceptors (Lipinski definition) is 5. The maximum absolute atomic E-state index is 12.8. The maximum atomic E-state index is 12.8. The normalized spacial score (nSPS) is 27.4. The molecule has 3 nitrogen and oxygen atoms in total. The van der Waals surface area contributed by atoms with E-state index < -0.39 is 0 Å². The predicted octanol–water partition coefficient (Wildman–Crippen LogP) is 6.35. The van der Waals surface area contributed by atoms with E-state index in [0.29, 0.717) is 31.0 Å². The van der Waals surface area contributed by atoms with Crippen LogP contribution in [0.4, 0.5) is 0 Å². The molecule has 0 aromatic carbocycles. The second-order valence-corrected chi connectivity index (χ2v) is 13.0. The Morgan fingerprint density at radius 2 is 1.76 bits per heavy atom. The second kappa shape index (κ2) is 13.6. The molecule has 0 aromatic heterocycles. The van der Waals surface area contributed by atoms with Gasteiger partial charge in [-0.2, -0.15) is 11.8 Å². The second-order valence-electron chi connectivity index (χ2n) is 9.03. The summed E-state index contributed by atoms with van der Waals surface area (Å²) >= 11 is 2.08. The number of hydrogen-bond donors (Lipinski definition) is 0. The van der Waals surface area contributed by atoms with Crippen molar-refractivity contribution >= 4 is 45.0 Å². The highest BCUT2D eigenvalue weighted by Crippen LogP contribution is 2.40. The fourth-order valence-electron chi connectivity index (χ4n) is 4.83. The Balaban J connectivity index is 1.30. The van der Waals surface area contributed by atoms with Gasteiger partial charge in [0.05, 0.1) is 0 Å². The SMILES string of the molecule is O=C(CCCCC1CCSS1)CC1CCCCN1C(=O)CCCCC1CCSC1. The number of ketones is 1. The molecule has 0 radical (unpaired) electrons. The third-order valence-corrected chi connectivity index (χ3v) is 10.9. The summed E-state index contributed by atoms with van der Waals surface area (Å²) in [7, 11) is 4.03. The van der Waals surface area contributed by atoms with Gasteiger partial charge in [-0.3, -0.25) is 9.59 Å². The number of thioether (sulfide) groups is 1. The van der Waals surface area contributed by atoms with Gasteiger partial charge in [-0.15, -0.1) is 0 Å². The largest absolute Gasteiger partial charge is 0.339 e. The van der Waals surface area contributed by atoms with Crippen LogP contribution in [0.1, 0.15) is 89.9 Å². The predicted molar refractivity (Wildman–Crippen MR) is 130 cm³/mol. The zero-order valence-corrected chi connectivity index (χ0v) is 20.4. The van der Waals surface area contributed by atoms with Gasteiger partial charge in [0, 0.05) is 42.9 Å². The Bertz CT molecular complexity index is 504. The number of Topliss-reactive ketones (excluding diaryl/α,β-unsaturated/α-hetero) is 1. The van der Waals surface area contributed by atoms with Crippen molar-refractivity contribution in [2.75, 3.05) is 23.8 Å². The van der Waals surface area contributed by atoms with Crippen molar-refractivity contribution < 1.29 is 9.59 Å². The van der Waals surface area contributed by atoms with E-state index in [2.05, 4.69) is 16.7 Å². The van der Waals surface area contributed by atoms with Gasteiger partial charge in [-0.05, 0) is 75.2 Å². The fourth-order valence-corrected chi connectivity index (χ4v) is 9.19. The molecule has 1 amide bonds. The average Bonchev–Trinajstić information content (AvgIpc) is 3.43. The molecule has 3 saturated heterocycles. The highest BCUT2D eigenvalue weighted by molar-refractivity contribution is 8.77. The first-order valence-electron chi connectivity index (χ1n) is 11.9. The first-order chi connectivity index (χ1) is 14.2. The smallest absolute Gasteiger partial charge is 0.222 e. The molecule has 3 atom stereocenters. The third kappa shape index (κ3) is 8.68. The lowest BCUT2D eigenvalue weighted by atomic mass is 9.94. The molecule has 0 bridgehead atoms. The molecular weight excluding hydrogens is 418 g/mol. The van der Waals surface area contributed by atoms with E-state index in [1.807, 2.05) is 21.6 Å². The molecule has 0 saturated carbocycles. The number of carbonyl (C=O) groups excluding carboxylic acids is 2. The minimum absolute atomic E-state index is 0.178. The van der Waals surface area contributed by atoms with E-state index >= 15 is 0 Å². The van der Waals surface area contributed by atoms with Crippen molar-refractivity contribution in [3.8, 4) is 0 Å². The number of amides is 1. The summed E-state index contributed by atoms with van der Waals surface area (Å²) in [6, 6.07) is 0.178. The molecule has 6 heteroatoms. The first kappa shape index (κ1) is 23.8. The van der Waals surface area contributed by atoms with Crippen LogP contribution in [0.5, 0.6) is 0 Å². The lowest BCUT2D eigenvalue weighted by Gasteiger charge is -2.35. The van der Waals surface area contributed by atoms with Gasteiger partial charge in [0.15, 0.2) is 0 Å². The van der Waals surface area contributed by atoms with Crippen molar-refractivity contribution in [2.24, 2.45) is 5.92 Å². The molecule has 3 rings (SSSR count). The minimum atomic E-state index is 0.178. The Morgan fingerprint density at radius 3 is 2.55 bits per heavy atom. The molecule has 0 N–H and O–H groups in total. The highest BCUT2D eigenvalue weighted by atomic mass is 33.1. The molecular formula is C23H39NO2S3. The molecule has 3 aliphatic rings. The Kier molecular flexibility index (Phi) is 11.2. The summed E-state index contributed by atoms with van der Waals surface area (Å²) in [5.74, 6) is 5.51. The van der Waals surface area contributed by atoms with Crippen LogP contribution < -0.4 is 0 Å². The molecule has 3 fully saturated rings. The monoisotopic (exact) mass is 457 g/mol. The third-order valence-electron chi connectivity index (χ3n) is 6.65. The zero-order valence-electron chi connectivity index (χ0n) is 17.9. The summed E-state index contributed by atoms with van der Waals surface area (Å²) in [6.07, 6.45) is 15.0. The first-order valence-corrected chi connectivity index (χ1v) is 15.4. The van der Waals surface area contributed by atoms with Gasteiger partial charge in [0.25, 0.3) is 0 Å². The zero-order chi connectivity index (χ0) is 20.3. The van der Waals surface area contributed by atoms with Gasteiger partial charge in [0.1, 0.15) is 5.78 Å². The van der Waals surface area contributed by atoms with Crippen LogP contribution >= 0.6 is 33.3 Å². The Hall–Kier alpha value is 0.190. The summed E-state index contributed by atoms with van der Waals surface area (Å²) < 4.78 is 0. The summed E-state index contributed by atoms with van der Waals surface area (Å²) in [5, 5.41) is 0.814. The van der Waals surface area contributed by atoms with E-state index in [4.69, 9.17) is 0 Å². The van der Waals surface area contributed by atoms with Crippen molar-refractivity contribution in [3.63, 3.8) is 0 Å². The van der Waals surface area contributed by atoms with E-state index in [0.717, 1.165) is 49.8 Å². The number of unbranched alkanes of at least 4 members (excludes halogenated alkanes) is 2. The van der Waals surface area contributed by atoms with Crippen molar-refractivity contribution in [1.29, 1.82) is 0 Å². The Morgan fingerprint density at radius 1 is 0.897 bits per heavy atom. The van der Waals surface area contributed by atoms with Crippen molar-refractivity contribution in [3.05, 3.63) is 0 Å². The van der Waals surface area contributed by atoms with E-state index in [9.17, 15) is 9.59 Å². The van der Waals surface area contributed by atoms with Gasteiger partial charge in [-0.25, -0.2) is 0 Å². The lowest BCUT2D eigenvalue weighted by Crippen LogP contribution is -2.44. The molecule has 3 heterocycles. The van der Waals surface area contributed by atoms with Crippen LogP contribution in [0.15, 0.2) is 0 Å². The Labute approximate surface area is 190 Å². The number of rotatable bonds is 12. The van der Waals surface area contributed by atoms with Crippen LogP contribution in [-0.2, 0) is 9.59 Å². The molecule has 0 aromatic rings. The van der Waals surface area contributed by atoms with E-state index in [-0.39, 0.29) is 6.04 Å². The van der Waals surface area contributed by atoms with Crippen LogP contribution in [-0.4, -0.2) is 51.7 Å². The quantitative estimate of drug-likeness (QED) is 0.252. The van der Waals surface area contributed by atoms with Gasteiger partial charge >= 0.3 is 0 Å². The topological polar surface area (TPSA) is 37.4 Å². The molecule has 3 aliphatic heterocycles. The van der Waals surface area contributed by atoms with Crippen LogP contribution in [0.25, 0.3) is 0 Å². The summed E-state index contributed by atoms with van der Waals surface area (Å²) in [5.41, 5.74) is 0. The fraction of sp³-hybridized carbons (Fsp3) is 0.913. The number of piperidine rings is 1. The molecule has 29 heavy (non-hydrogen) atoms. The number of nitrogens with zero attached hydrogens (tertiary/aromatic N) is 1. The van der Waals surface area contributed by atoms with Gasteiger partial charge in [-0.1, -0.05) is 34.4 Å². The maximum Gasteiger partial charge on any atom is 0.222 e. The van der Waals surface area contributed by atoms with E-state index in [1.165, 1.54) is 55.8 Å². The van der Waals surface area contributed by atoms with Crippen molar-refractivity contribution in [1.82, 2.24) is 4.90 Å². The highest BCUT2D eigenvalue weighted by Gasteiger charge is 2.28. The lowest BCUT2D eigenvalue weighted by molar-refractivity contribution is -0.136. The van der Waals surface area contributed by atoms with Gasteiger partial charge in [0.2, 0.25) is 5.91 Å².